The number of hydrogen-bond acceptors (Lipinski definition) is 5. The molecule has 2 rings (SSSR count). The Morgan fingerprint density at radius 1 is 1.26 bits per heavy atom. The first-order chi connectivity index (χ1) is 14.9. The van der Waals surface area contributed by atoms with E-state index < -0.39 is 11.9 Å². The van der Waals surface area contributed by atoms with E-state index in [0.717, 1.165) is 10.0 Å². The summed E-state index contributed by atoms with van der Waals surface area (Å²) in [6.45, 7) is 5.50. The van der Waals surface area contributed by atoms with Crippen LogP contribution in [0.4, 0.5) is 5.69 Å². The fourth-order valence-corrected chi connectivity index (χ4v) is 3.67. The molecular formula is C23H20Br2N2O4. The number of nitriles is 1. The van der Waals surface area contributed by atoms with Crippen LogP contribution in [0.3, 0.4) is 0 Å². The van der Waals surface area contributed by atoms with Crippen molar-refractivity contribution >= 4 is 55.5 Å². The molecule has 0 bridgehead atoms. The second-order valence-corrected chi connectivity index (χ2v) is 7.98. The second-order valence-electron chi connectivity index (χ2n) is 6.21. The summed E-state index contributed by atoms with van der Waals surface area (Å²) in [7, 11) is 0. The number of rotatable bonds is 9. The quantitative estimate of drug-likeness (QED) is 0.196. The molecule has 160 valence electrons. The van der Waals surface area contributed by atoms with Gasteiger partial charge in [0.25, 0.3) is 5.91 Å². The molecule has 2 aromatic carbocycles. The van der Waals surface area contributed by atoms with Crippen LogP contribution in [0, 0.1) is 11.3 Å². The Hall–Kier alpha value is -2.89. The highest BCUT2D eigenvalue weighted by Gasteiger charge is 2.14. The largest absolute Gasteiger partial charge is 0.480 e. The van der Waals surface area contributed by atoms with Gasteiger partial charge in [-0.05, 0) is 76.8 Å². The van der Waals surface area contributed by atoms with E-state index in [-0.39, 0.29) is 18.8 Å². The summed E-state index contributed by atoms with van der Waals surface area (Å²) in [4.78, 5) is 24.2. The van der Waals surface area contributed by atoms with Crippen LogP contribution in [0.2, 0.25) is 0 Å². The van der Waals surface area contributed by atoms with E-state index in [1.54, 1.807) is 43.3 Å². The molecule has 0 fully saturated rings. The predicted octanol–water partition coefficient (Wildman–Crippen LogP) is 5.43. The summed E-state index contributed by atoms with van der Waals surface area (Å²) in [6.07, 6.45) is 3.64. The predicted molar refractivity (Wildman–Crippen MR) is 127 cm³/mol. The molecular weight excluding hydrogens is 528 g/mol. The molecule has 0 spiro atoms. The Morgan fingerprint density at radius 3 is 2.68 bits per heavy atom. The standard InChI is InChI=1S/C23H20Br2N2O4/c1-3-6-16-9-15(11-20(25)22(16)31-14-21(28)30-4-2)10-17(13-26)23(29)27-19-8-5-7-18(24)12-19/h3,5,7-12H,1,4,6,14H2,2H3,(H,27,29)/b17-10-. The molecule has 0 aromatic heterocycles. The van der Waals surface area contributed by atoms with Crippen molar-refractivity contribution in [2.75, 3.05) is 18.5 Å². The zero-order valence-electron chi connectivity index (χ0n) is 16.8. The van der Waals surface area contributed by atoms with Gasteiger partial charge in [-0.2, -0.15) is 5.26 Å². The fraction of sp³-hybridized carbons (Fsp3) is 0.174. The Kier molecular flexibility index (Phi) is 9.50. The SMILES string of the molecule is C=CCc1cc(/C=C(/C#N)C(=O)Nc2cccc(Br)c2)cc(Br)c1OCC(=O)OCC. The minimum absolute atomic E-state index is 0.0587. The molecule has 8 heteroatoms. The summed E-state index contributed by atoms with van der Waals surface area (Å²) in [5.41, 5.74) is 1.87. The minimum Gasteiger partial charge on any atom is -0.480 e. The Balaban J connectivity index is 2.29. The van der Waals surface area contributed by atoms with Gasteiger partial charge in [-0.25, -0.2) is 4.79 Å². The van der Waals surface area contributed by atoms with Crippen LogP contribution in [-0.4, -0.2) is 25.1 Å². The highest BCUT2D eigenvalue weighted by Crippen LogP contribution is 2.32. The van der Waals surface area contributed by atoms with Gasteiger partial charge in [0.2, 0.25) is 0 Å². The number of amides is 1. The van der Waals surface area contributed by atoms with Gasteiger partial charge in [-0.3, -0.25) is 4.79 Å². The number of nitrogens with zero attached hydrogens (tertiary/aromatic N) is 1. The third-order valence-electron chi connectivity index (χ3n) is 3.91. The van der Waals surface area contributed by atoms with Crippen LogP contribution < -0.4 is 10.1 Å². The third kappa shape index (κ3) is 7.39. The summed E-state index contributed by atoms with van der Waals surface area (Å²) >= 11 is 6.78. The van der Waals surface area contributed by atoms with E-state index in [1.807, 2.05) is 12.1 Å². The molecule has 0 aliphatic rings. The summed E-state index contributed by atoms with van der Waals surface area (Å²) in [5, 5.41) is 12.2. The molecule has 0 unspecified atom stereocenters. The van der Waals surface area contributed by atoms with Gasteiger partial charge in [0.05, 0.1) is 11.1 Å². The maximum absolute atomic E-state index is 12.5. The highest BCUT2D eigenvalue weighted by molar-refractivity contribution is 9.10. The number of carbonyl (C=O) groups is 2. The lowest BCUT2D eigenvalue weighted by molar-refractivity contribution is -0.145. The smallest absolute Gasteiger partial charge is 0.344 e. The minimum atomic E-state index is -0.523. The van der Waals surface area contributed by atoms with Crippen molar-refractivity contribution in [3.8, 4) is 11.8 Å². The van der Waals surface area contributed by atoms with Crippen LogP contribution >= 0.6 is 31.9 Å². The number of anilines is 1. The first-order valence-electron chi connectivity index (χ1n) is 9.28. The van der Waals surface area contributed by atoms with Gasteiger partial charge in [0.1, 0.15) is 17.4 Å². The number of allylic oxidation sites excluding steroid dienone is 1. The Labute approximate surface area is 197 Å². The second kappa shape index (κ2) is 12.1. The molecule has 0 aliphatic heterocycles. The number of nitrogens with one attached hydrogen (secondary N) is 1. The first kappa shape index (κ1) is 24.4. The third-order valence-corrected chi connectivity index (χ3v) is 4.99. The molecule has 0 saturated carbocycles. The number of ether oxygens (including phenoxy) is 2. The van der Waals surface area contributed by atoms with Crippen molar-refractivity contribution < 1.29 is 19.1 Å². The summed E-state index contributed by atoms with van der Waals surface area (Å²) in [6, 6.07) is 12.5. The molecule has 0 aliphatic carbocycles. The maximum atomic E-state index is 12.5. The lowest BCUT2D eigenvalue weighted by atomic mass is 10.0. The van der Waals surface area contributed by atoms with Gasteiger partial charge in [-0.15, -0.1) is 6.58 Å². The zero-order chi connectivity index (χ0) is 22.8. The normalized spacial score (nSPS) is 10.7. The van der Waals surface area contributed by atoms with Crippen molar-refractivity contribution in [1.29, 1.82) is 5.26 Å². The number of esters is 1. The van der Waals surface area contributed by atoms with Crippen LogP contribution in [0.1, 0.15) is 18.1 Å². The Bertz CT molecular complexity index is 1060. The molecule has 0 saturated heterocycles. The Morgan fingerprint density at radius 2 is 2.03 bits per heavy atom. The van der Waals surface area contributed by atoms with Crippen LogP contribution in [0.5, 0.6) is 5.75 Å². The molecule has 1 N–H and O–H groups in total. The number of hydrogen-bond donors (Lipinski definition) is 1. The molecule has 0 atom stereocenters. The topological polar surface area (TPSA) is 88.4 Å². The number of halogens is 2. The molecule has 2 aromatic rings. The zero-order valence-corrected chi connectivity index (χ0v) is 20.0. The molecule has 31 heavy (non-hydrogen) atoms. The average molecular weight is 548 g/mol. The number of carbonyl (C=O) groups excluding carboxylic acids is 2. The van der Waals surface area contributed by atoms with E-state index in [9.17, 15) is 14.9 Å². The number of benzene rings is 2. The van der Waals surface area contributed by atoms with E-state index in [0.29, 0.717) is 27.9 Å². The lowest BCUT2D eigenvalue weighted by Crippen LogP contribution is -2.15. The van der Waals surface area contributed by atoms with E-state index in [2.05, 4.69) is 43.8 Å². The molecule has 0 radical (unpaired) electrons. The monoisotopic (exact) mass is 546 g/mol. The van der Waals surface area contributed by atoms with Crippen molar-refractivity contribution in [2.24, 2.45) is 0 Å². The van der Waals surface area contributed by atoms with Crippen molar-refractivity contribution in [3.05, 3.63) is 74.7 Å². The van der Waals surface area contributed by atoms with Crippen LogP contribution in [0.15, 0.2) is 63.6 Å². The van der Waals surface area contributed by atoms with Crippen molar-refractivity contribution in [3.63, 3.8) is 0 Å². The van der Waals surface area contributed by atoms with Gasteiger partial charge >= 0.3 is 5.97 Å². The van der Waals surface area contributed by atoms with Gasteiger partial charge < -0.3 is 14.8 Å². The van der Waals surface area contributed by atoms with Gasteiger partial charge in [0.15, 0.2) is 6.61 Å². The van der Waals surface area contributed by atoms with Crippen molar-refractivity contribution in [2.45, 2.75) is 13.3 Å². The molecule has 0 heterocycles. The molecule has 1 amide bonds. The van der Waals surface area contributed by atoms with Gasteiger partial charge in [0, 0.05) is 10.2 Å². The average Bonchev–Trinajstić information content (AvgIpc) is 2.71. The highest BCUT2D eigenvalue weighted by atomic mass is 79.9. The summed E-state index contributed by atoms with van der Waals surface area (Å²) in [5.74, 6) is -0.522. The van der Waals surface area contributed by atoms with E-state index in [4.69, 9.17) is 9.47 Å². The van der Waals surface area contributed by atoms with E-state index >= 15 is 0 Å². The maximum Gasteiger partial charge on any atom is 0.344 e. The lowest BCUT2D eigenvalue weighted by Gasteiger charge is -2.13. The first-order valence-corrected chi connectivity index (χ1v) is 10.9. The molecule has 6 nitrogen and oxygen atoms in total. The van der Waals surface area contributed by atoms with Crippen LogP contribution in [0.25, 0.3) is 6.08 Å². The summed E-state index contributed by atoms with van der Waals surface area (Å²) < 4.78 is 11.9. The van der Waals surface area contributed by atoms with Gasteiger partial charge in [-0.1, -0.05) is 28.1 Å². The van der Waals surface area contributed by atoms with Crippen LogP contribution in [-0.2, 0) is 20.7 Å². The van der Waals surface area contributed by atoms with E-state index in [1.165, 1.54) is 6.08 Å². The van der Waals surface area contributed by atoms with Crippen molar-refractivity contribution in [1.82, 2.24) is 0 Å². The fourth-order valence-electron chi connectivity index (χ4n) is 2.64.